The molecule has 1 saturated heterocycles. The zero-order chi connectivity index (χ0) is 12.4. The molecule has 94 valence electrons. The van der Waals surface area contributed by atoms with Crippen LogP contribution in [-0.2, 0) is 6.54 Å². The number of hydrogen-bond donors (Lipinski definition) is 1. The maximum atomic E-state index is 5.78. The van der Waals surface area contributed by atoms with Crippen molar-refractivity contribution in [1.29, 1.82) is 0 Å². The quantitative estimate of drug-likeness (QED) is 0.845. The van der Waals surface area contributed by atoms with Crippen LogP contribution < -0.4 is 10.6 Å². The highest BCUT2D eigenvalue weighted by atomic mass is 15.2. The first-order valence-corrected chi connectivity index (χ1v) is 6.17. The Hall–Kier alpha value is -1.13. The van der Waals surface area contributed by atoms with Gasteiger partial charge < -0.3 is 15.5 Å². The number of nitrogens with zero attached hydrogens (tertiary/aromatic N) is 3. The van der Waals surface area contributed by atoms with E-state index in [1.807, 2.05) is 18.5 Å². The van der Waals surface area contributed by atoms with E-state index in [0.717, 1.165) is 13.1 Å². The maximum absolute atomic E-state index is 5.78. The SMILES string of the molecule is CC1CN(c2cnccc2CN)CC1N(C)C. The third kappa shape index (κ3) is 2.42. The third-order valence-electron chi connectivity index (χ3n) is 3.68. The zero-order valence-electron chi connectivity index (χ0n) is 10.9. The molecule has 1 fully saturated rings. The van der Waals surface area contributed by atoms with Crippen molar-refractivity contribution in [2.45, 2.75) is 19.5 Å². The van der Waals surface area contributed by atoms with Crippen LogP contribution in [0.25, 0.3) is 0 Å². The van der Waals surface area contributed by atoms with E-state index in [2.05, 4.69) is 35.8 Å². The van der Waals surface area contributed by atoms with Gasteiger partial charge in [-0.1, -0.05) is 6.92 Å². The van der Waals surface area contributed by atoms with E-state index in [-0.39, 0.29) is 0 Å². The summed E-state index contributed by atoms with van der Waals surface area (Å²) in [6.07, 6.45) is 3.75. The second-order valence-corrected chi connectivity index (χ2v) is 5.12. The van der Waals surface area contributed by atoms with Crippen molar-refractivity contribution in [3.63, 3.8) is 0 Å². The summed E-state index contributed by atoms with van der Waals surface area (Å²) in [6.45, 7) is 5.03. The molecule has 1 aliphatic rings. The topological polar surface area (TPSA) is 45.4 Å². The lowest BCUT2D eigenvalue weighted by Gasteiger charge is -2.23. The molecule has 0 aromatic carbocycles. The lowest BCUT2D eigenvalue weighted by molar-refractivity contribution is 0.266. The largest absolute Gasteiger partial charge is 0.368 e. The Morgan fingerprint density at radius 1 is 1.47 bits per heavy atom. The fraction of sp³-hybridized carbons (Fsp3) is 0.615. The van der Waals surface area contributed by atoms with Crippen LogP contribution in [0.2, 0.25) is 0 Å². The Labute approximate surface area is 103 Å². The fourth-order valence-corrected chi connectivity index (χ4v) is 2.69. The Morgan fingerprint density at radius 3 is 2.82 bits per heavy atom. The third-order valence-corrected chi connectivity index (χ3v) is 3.68. The number of nitrogens with two attached hydrogens (primary N) is 1. The van der Waals surface area contributed by atoms with E-state index in [9.17, 15) is 0 Å². The minimum absolute atomic E-state index is 0.579. The van der Waals surface area contributed by atoms with Crippen LogP contribution >= 0.6 is 0 Å². The predicted octanol–water partition coefficient (Wildman–Crippen LogP) is 0.927. The first-order valence-electron chi connectivity index (χ1n) is 6.17. The van der Waals surface area contributed by atoms with E-state index < -0.39 is 0 Å². The van der Waals surface area contributed by atoms with E-state index in [4.69, 9.17) is 5.73 Å². The van der Waals surface area contributed by atoms with Crippen LogP contribution in [0.15, 0.2) is 18.5 Å². The van der Waals surface area contributed by atoms with Crippen LogP contribution in [0.1, 0.15) is 12.5 Å². The normalized spacial score (nSPS) is 24.6. The summed E-state index contributed by atoms with van der Waals surface area (Å²) in [5.41, 5.74) is 8.17. The number of likely N-dealkylation sites (N-methyl/N-ethyl adjacent to an activating group) is 1. The number of anilines is 1. The maximum Gasteiger partial charge on any atom is 0.0598 e. The van der Waals surface area contributed by atoms with Crippen LogP contribution in [-0.4, -0.2) is 43.1 Å². The molecule has 0 aliphatic carbocycles. The molecule has 0 radical (unpaired) electrons. The monoisotopic (exact) mass is 234 g/mol. The molecule has 1 aromatic rings. The van der Waals surface area contributed by atoms with Gasteiger partial charge in [-0.15, -0.1) is 0 Å². The van der Waals surface area contributed by atoms with E-state index in [1.165, 1.54) is 11.3 Å². The molecule has 2 N–H and O–H groups in total. The van der Waals surface area contributed by atoms with Crippen molar-refractivity contribution in [2.24, 2.45) is 11.7 Å². The summed E-state index contributed by atoms with van der Waals surface area (Å²) in [7, 11) is 4.30. The molecule has 0 amide bonds. The zero-order valence-corrected chi connectivity index (χ0v) is 10.9. The van der Waals surface area contributed by atoms with Gasteiger partial charge in [0.05, 0.1) is 11.9 Å². The molecule has 0 spiro atoms. The molecule has 4 nitrogen and oxygen atoms in total. The Bertz CT molecular complexity index is 377. The smallest absolute Gasteiger partial charge is 0.0598 e. The van der Waals surface area contributed by atoms with Crippen molar-refractivity contribution < 1.29 is 0 Å². The summed E-state index contributed by atoms with van der Waals surface area (Å²) in [4.78, 5) is 8.94. The van der Waals surface area contributed by atoms with Crippen LogP contribution in [0.4, 0.5) is 5.69 Å². The standard InChI is InChI=1S/C13H22N4/c1-10-8-17(9-13(10)16(2)3)12-7-15-5-4-11(12)6-14/h4-5,7,10,13H,6,8-9,14H2,1-3H3. The van der Waals surface area contributed by atoms with Gasteiger partial charge in [-0.05, 0) is 31.6 Å². The molecule has 0 bridgehead atoms. The van der Waals surface area contributed by atoms with Crippen molar-refractivity contribution in [2.75, 3.05) is 32.1 Å². The number of hydrogen-bond acceptors (Lipinski definition) is 4. The van der Waals surface area contributed by atoms with Crippen LogP contribution in [0.5, 0.6) is 0 Å². The summed E-state index contributed by atoms with van der Waals surface area (Å²) in [6, 6.07) is 2.63. The average molecular weight is 234 g/mol. The minimum Gasteiger partial charge on any atom is -0.368 e. The van der Waals surface area contributed by atoms with Crippen molar-refractivity contribution in [3.8, 4) is 0 Å². The number of aromatic nitrogens is 1. The molecule has 2 unspecified atom stereocenters. The van der Waals surface area contributed by atoms with E-state index >= 15 is 0 Å². The van der Waals surface area contributed by atoms with Gasteiger partial charge in [0, 0.05) is 31.9 Å². The highest BCUT2D eigenvalue weighted by Gasteiger charge is 2.31. The van der Waals surface area contributed by atoms with E-state index in [1.54, 1.807) is 0 Å². The molecule has 1 aromatic heterocycles. The second-order valence-electron chi connectivity index (χ2n) is 5.12. The average Bonchev–Trinajstić information content (AvgIpc) is 2.71. The van der Waals surface area contributed by atoms with Crippen molar-refractivity contribution in [3.05, 3.63) is 24.0 Å². The highest BCUT2D eigenvalue weighted by Crippen LogP contribution is 2.27. The van der Waals surface area contributed by atoms with Gasteiger partial charge in [-0.25, -0.2) is 0 Å². The first kappa shape index (κ1) is 12.3. The fourth-order valence-electron chi connectivity index (χ4n) is 2.69. The molecular weight excluding hydrogens is 212 g/mol. The van der Waals surface area contributed by atoms with Crippen molar-refractivity contribution >= 4 is 5.69 Å². The lowest BCUT2D eigenvalue weighted by Crippen LogP contribution is -2.34. The van der Waals surface area contributed by atoms with Crippen LogP contribution in [0.3, 0.4) is 0 Å². The molecule has 1 aliphatic heterocycles. The van der Waals surface area contributed by atoms with Gasteiger partial charge in [0.15, 0.2) is 0 Å². The van der Waals surface area contributed by atoms with Crippen molar-refractivity contribution in [1.82, 2.24) is 9.88 Å². The summed E-state index contributed by atoms with van der Waals surface area (Å²) < 4.78 is 0. The summed E-state index contributed by atoms with van der Waals surface area (Å²) in [5.74, 6) is 0.677. The highest BCUT2D eigenvalue weighted by molar-refractivity contribution is 5.52. The van der Waals surface area contributed by atoms with Gasteiger partial charge in [-0.2, -0.15) is 0 Å². The predicted molar refractivity (Wildman–Crippen MR) is 71.0 cm³/mol. The molecule has 0 saturated carbocycles. The number of pyridine rings is 1. The van der Waals surface area contributed by atoms with Gasteiger partial charge in [0.25, 0.3) is 0 Å². The molecule has 2 heterocycles. The van der Waals surface area contributed by atoms with Gasteiger partial charge in [0.2, 0.25) is 0 Å². The second kappa shape index (κ2) is 5.02. The lowest BCUT2D eigenvalue weighted by atomic mass is 10.1. The molecule has 17 heavy (non-hydrogen) atoms. The van der Waals surface area contributed by atoms with Gasteiger partial charge >= 0.3 is 0 Å². The Balaban J connectivity index is 2.19. The molecule has 2 atom stereocenters. The molecular formula is C13H22N4. The Kier molecular flexibility index (Phi) is 3.64. The molecule has 2 rings (SSSR count). The Morgan fingerprint density at radius 2 is 2.24 bits per heavy atom. The van der Waals surface area contributed by atoms with Gasteiger partial charge in [0.1, 0.15) is 0 Å². The van der Waals surface area contributed by atoms with Gasteiger partial charge in [-0.3, -0.25) is 4.98 Å². The minimum atomic E-state index is 0.579. The molecule has 4 heteroatoms. The first-order chi connectivity index (χ1) is 8.13. The van der Waals surface area contributed by atoms with E-state index in [0.29, 0.717) is 18.5 Å². The van der Waals surface area contributed by atoms with Crippen LogP contribution in [0, 0.1) is 5.92 Å². The summed E-state index contributed by atoms with van der Waals surface area (Å²) >= 11 is 0. The number of rotatable bonds is 3. The summed E-state index contributed by atoms with van der Waals surface area (Å²) in [5, 5.41) is 0.